The Labute approximate surface area is 173 Å². The van der Waals surface area contributed by atoms with Crippen LogP contribution in [0, 0.1) is 0 Å². The van der Waals surface area contributed by atoms with Gasteiger partial charge in [0.05, 0.1) is 23.9 Å². The number of rotatable bonds is 6. The summed E-state index contributed by atoms with van der Waals surface area (Å²) in [6, 6.07) is 20.6. The van der Waals surface area contributed by atoms with Gasteiger partial charge in [-0.15, -0.1) is 0 Å². The smallest absolute Gasteiger partial charge is 0.271 e. The Morgan fingerprint density at radius 3 is 2.52 bits per heavy atom. The molecule has 3 aromatic rings. The topological polar surface area (TPSA) is 79.8 Å². The van der Waals surface area contributed by atoms with Crippen molar-refractivity contribution in [1.82, 2.24) is 5.43 Å². The van der Waals surface area contributed by atoms with Crippen molar-refractivity contribution in [3.8, 4) is 5.75 Å². The predicted molar refractivity (Wildman–Crippen MR) is 114 cm³/mol. The van der Waals surface area contributed by atoms with Gasteiger partial charge in [-0.05, 0) is 42.5 Å². The number of carbonyl (C=O) groups is 2. The number of hydrogen-bond acceptors (Lipinski definition) is 4. The van der Waals surface area contributed by atoms with Gasteiger partial charge in [-0.25, -0.2) is 5.43 Å². The molecule has 0 bridgehead atoms. The third-order valence-electron chi connectivity index (χ3n) is 4.01. The Balaban J connectivity index is 1.67. The van der Waals surface area contributed by atoms with Crippen molar-refractivity contribution in [1.29, 1.82) is 0 Å². The van der Waals surface area contributed by atoms with Crippen LogP contribution in [0.1, 0.15) is 26.3 Å². The van der Waals surface area contributed by atoms with Crippen molar-refractivity contribution in [3.63, 3.8) is 0 Å². The summed E-state index contributed by atoms with van der Waals surface area (Å²) in [6.07, 6.45) is 1.50. The number of amides is 2. The van der Waals surface area contributed by atoms with Gasteiger partial charge in [0.25, 0.3) is 11.8 Å². The molecule has 6 nitrogen and oxygen atoms in total. The van der Waals surface area contributed by atoms with Gasteiger partial charge in [0.2, 0.25) is 0 Å². The lowest BCUT2D eigenvalue weighted by molar-refractivity contribution is 0.0953. The molecular formula is C22H18ClN3O3. The second kappa shape index (κ2) is 9.52. The highest BCUT2D eigenvalue weighted by Crippen LogP contribution is 2.18. The fraction of sp³-hybridized carbons (Fsp3) is 0.0455. The summed E-state index contributed by atoms with van der Waals surface area (Å²) in [4.78, 5) is 24.7. The van der Waals surface area contributed by atoms with Gasteiger partial charge in [-0.1, -0.05) is 41.9 Å². The molecule has 0 atom stereocenters. The number of halogens is 1. The minimum atomic E-state index is -0.412. The summed E-state index contributed by atoms with van der Waals surface area (Å²) < 4.78 is 5.23. The number of hydrazone groups is 1. The van der Waals surface area contributed by atoms with Crippen molar-refractivity contribution >= 4 is 35.3 Å². The van der Waals surface area contributed by atoms with Gasteiger partial charge < -0.3 is 10.1 Å². The van der Waals surface area contributed by atoms with E-state index in [1.54, 1.807) is 61.7 Å². The van der Waals surface area contributed by atoms with Gasteiger partial charge in [-0.2, -0.15) is 5.10 Å². The third-order valence-corrected chi connectivity index (χ3v) is 4.34. The molecule has 2 N–H and O–H groups in total. The van der Waals surface area contributed by atoms with Crippen molar-refractivity contribution < 1.29 is 14.3 Å². The zero-order valence-corrected chi connectivity index (χ0v) is 16.3. The Morgan fingerprint density at radius 2 is 1.72 bits per heavy atom. The molecule has 146 valence electrons. The summed E-state index contributed by atoms with van der Waals surface area (Å²) in [5, 5.41) is 7.05. The molecular weight excluding hydrogens is 390 g/mol. The number of nitrogens with one attached hydrogen (secondary N) is 2. The molecule has 0 unspecified atom stereocenters. The predicted octanol–water partition coefficient (Wildman–Crippen LogP) is 4.36. The average molecular weight is 408 g/mol. The quantitative estimate of drug-likeness (QED) is 0.470. The molecule has 0 aliphatic heterocycles. The third kappa shape index (κ3) is 5.21. The van der Waals surface area contributed by atoms with E-state index in [0.29, 0.717) is 27.6 Å². The van der Waals surface area contributed by atoms with Gasteiger partial charge in [0, 0.05) is 16.8 Å². The zero-order chi connectivity index (χ0) is 20.6. The van der Waals surface area contributed by atoms with Crippen molar-refractivity contribution in [2.45, 2.75) is 0 Å². The normalized spacial score (nSPS) is 10.6. The number of carbonyl (C=O) groups excluding carboxylic acids is 2. The number of ether oxygens (including phenoxy) is 1. The first-order chi connectivity index (χ1) is 14.1. The van der Waals surface area contributed by atoms with Gasteiger partial charge in [0.1, 0.15) is 5.75 Å². The average Bonchev–Trinajstić information content (AvgIpc) is 2.74. The Morgan fingerprint density at radius 1 is 0.966 bits per heavy atom. The van der Waals surface area contributed by atoms with Crippen LogP contribution in [0.3, 0.4) is 0 Å². The highest BCUT2D eigenvalue weighted by Gasteiger charge is 2.11. The number of methoxy groups -OCH3 is 1. The van der Waals surface area contributed by atoms with Crippen LogP contribution >= 0.6 is 11.6 Å². The van der Waals surface area contributed by atoms with E-state index >= 15 is 0 Å². The first kappa shape index (κ1) is 20.1. The Hall–Kier alpha value is -3.64. The molecule has 0 saturated heterocycles. The molecule has 29 heavy (non-hydrogen) atoms. The van der Waals surface area contributed by atoms with Crippen molar-refractivity contribution in [2.75, 3.05) is 12.4 Å². The fourth-order valence-corrected chi connectivity index (χ4v) is 2.80. The largest absolute Gasteiger partial charge is 0.496 e. The van der Waals surface area contributed by atoms with E-state index in [4.69, 9.17) is 16.3 Å². The molecule has 0 heterocycles. The summed E-state index contributed by atoms with van der Waals surface area (Å²) in [6.45, 7) is 0. The van der Waals surface area contributed by atoms with E-state index in [2.05, 4.69) is 15.8 Å². The number of nitrogens with zero attached hydrogens (tertiary/aromatic N) is 1. The molecule has 3 rings (SSSR count). The molecule has 0 fully saturated rings. The number of para-hydroxylation sites is 1. The first-order valence-electron chi connectivity index (χ1n) is 8.71. The number of hydrogen-bond donors (Lipinski definition) is 2. The van der Waals surface area contributed by atoms with Gasteiger partial charge in [0.15, 0.2) is 0 Å². The molecule has 2 amide bonds. The van der Waals surface area contributed by atoms with E-state index in [9.17, 15) is 9.59 Å². The summed E-state index contributed by atoms with van der Waals surface area (Å²) in [7, 11) is 1.56. The van der Waals surface area contributed by atoms with E-state index in [1.165, 1.54) is 6.21 Å². The number of anilines is 1. The van der Waals surface area contributed by atoms with Crippen molar-refractivity contribution in [3.05, 3.63) is 94.5 Å². The van der Waals surface area contributed by atoms with E-state index in [1.807, 2.05) is 18.2 Å². The molecule has 0 radical (unpaired) electrons. The van der Waals surface area contributed by atoms with Crippen molar-refractivity contribution in [2.24, 2.45) is 5.10 Å². The monoisotopic (exact) mass is 407 g/mol. The van der Waals surface area contributed by atoms with E-state index in [-0.39, 0.29) is 5.91 Å². The Bertz CT molecular complexity index is 1070. The number of benzene rings is 3. The van der Waals surface area contributed by atoms with Gasteiger partial charge >= 0.3 is 0 Å². The molecule has 7 heteroatoms. The maximum absolute atomic E-state index is 12.4. The Kier molecular flexibility index (Phi) is 6.60. The minimum absolute atomic E-state index is 0.346. The highest BCUT2D eigenvalue weighted by molar-refractivity contribution is 6.34. The summed E-state index contributed by atoms with van der Waals surface area (Å²) >= 11 is 6.05. The maximum atomic E-state index is 12.4. The standard InChI is InChI=1S/C22H18ClN3O3/c1-29-20-12-5-2-7-16(20)14-24-26-21(27)15-8-6-9-17(13-15)25-22(28)18-10-3-4-11-19(18)23/h2-14H,1H3,(H,25,28)(H,26,27). The fourth-order valence-electron chi connectivity index (χ4n) is 2.58. The van der Waals surface area contributed by atoms with E-state index in [0.717, 1.165) is 5.56 Å². The second-order valence-electron chi connectivity index (χ2n) is 5.96. The van der Waals surface area contributed by atoms with Crippen LogP contribution in [0.2, 0.25) is 5.02 Å². The van der Waals surface area contributed by atoms with Crippen LogP contribution in [0.25, 0.3) is 0 Å². The molecule has 0 aliphatic rings. The van der Waals surface area contributed by atoms with Crippen LogP contribution in [0.5, 0.6) is 5.75 Å². The first-order valence-corrected chi connectivity index (χ1v) is 9.08. The lowest BCUT2D eigenvalue weighted by Gasteiger charge is -2.08. The van der Waals surface area contributed by atoms with Crippen LogP contribution in [-0.4, -0.2) is 25.1 Å². The molecule has 3 aromatic carbocycles. The minimum Gasteiger partial charge on any atom is -0.496 e. The van der Waals surface area contributed by atoms with E-state index < -0.39 is 5.91 Å². The van der Waals surface area contributed by atoms with Gasteiger partial charge in [-0.3, -0.25) is 9.59 Å². The molecule has 0 spiro atoms. The highest BCUT2D eigenvalue weighted by atomic mass is 35.5. The SMILES string of the molecule is COc1ccccc1C=NNC(=O)c1cccc(NC(=O)c2ccccc2Cl)c1. The van der Waals surface area contributed by atoms with Crippen LogP contribution in [0.15, 0.2) is 77.9 Å². The lowest BCUT2D eigenvalue weighted by Crippen LogP contribution is -2.18. The lowest BCUT2D eigenvalue weighted by atomic mass is 10.1. The summed E-state index contributed by atoms with van der Waals surface area (Å²) in [5.41, 5.74) is 4.36. The van der Waals surface area contributed by atoms with Crippen LogP contribution in [-0.2, 0) is 0 Å². The molecule has 0 aliphatic carbocycles. The zero-order valence-electron chi connectivity index (χ0n) is 15.6. The van der Waals surface area contributed by atoms with Crippen LogP contribution in [0.4, 0.5) is 5.69 Å². The molecule has 0 saturated carbocycles. The summed E-state index contributed by atoms with van der Waals surface area (Å²) in [5.74, 6) is -0.123. The second-order valence-corrected chi connectivity index (χ2v) is 6.36. The maximum Gasteiger partial charge on any atom is 0.271 e. The van der Waals surface area contributed by atoms with Crippen LogP contribution < -0.4 is 15.5 Å². The molecule has 0 aromatic heterocycles.